The summed E-state index contributed by atoms with van der Waals surface area (Å²) in [5.41, 5.74) is 0. The van der Waals surface area contributed by atoms with Crippen LogP contribution < -0.4 is 0 Å². The minimum absolute atomic E-state index is 0.0609. The van der Waals surface area contributed by atoms with Crippen molar-refractivity contribution in [2.45, 2.75) is 31.0 Å². The zero-order chi connectivity index (χ0) is 12.7. The number of halogens is 1. The van der Waals surface area contributed by atoms with Crippen LogP contribution in [0.1, 0.15) is 6.42 Å². The summed E-state index contributed by atoms with van der Waals surface area (Å²) < 4.78 is 27.2. The lowest BCUT2D eigenvalue weighted by atomic mass is 10.0. The first-order valence-electron chi connectivity index (χ1n) is 5.64. The van der Waals surface area contributed by atoms with Crippen LogP contribution in [0.4, 0.5) is 0 Å². The summed E-state index contributed by atoms with van der Waals surface area (Å²) in [5.74, 6) is 0.445. The first kappa shape index (κ1) is 15.1. The molecule has 0 N–H and O–H groups in total. The third kappa shape index (κ3) is 4.35. The Bertz CT molecular complexity index is 204. The predicted molar refractivity (Wildman–Crippen MR) is 63.4 cm³/mol. The summed E-state index contributed by atoms with van der Waals surface area (Å²) in [6.45, 7) is 0.902. The highest BCUT2D eigenvalue weighted by Gasteiger charge is 2.39. The van der Waals surface area contributed by atoms with Crippen molar-refractivity contribution in [3.05, 3.63) is 0 Å². The molecule has 1 heterocycles. The SMILES string of the molecule is COC[C@H]1O[C@@H](OCCCl)C[C@@H](OC)[C@H]1OC. The van der Waals surface area contributed by atoms with Crippen molar-refractivity contribution < 1.29 is 23.7 Å². The fourth-order valence-electron chi connectivity index (χ4n) is 2.01. The van der Waals surface area contributed by atoms with Crippen molar-refractivity contribution in [1.82, 2.24) is 0 Å². The molecule has 1 saturated heterocycles. The van der Waals surface area contributed by atoms with E-state index in [0.29, 0.717) is 25.5 Å². The topological polar surface area (TPSA) is 46.2 Å². The molecule has 4 atom stereocenters. The maximum absolute atomic E-state index is 5.75. The number of hydrogen-bond donors (Lipinski definition) is 0. The van der Waals surface area contributed by atoms with Crippen LogP contribution in [0.15, 0.2) is 0 Å². The van der Waals surface area contributed by atoms with Gasteiger partial charge >= 0.3 is 0 Å². The lowest BCUT2D eigenvalue weighted by Gasteiger charge is -2.39. The number of rotatable bonds is 7. The molecule has 0 radical (unpaired) electrons. The second kappa shape index (κ2) is 8.24. The Hall–Kier alpha value is 0.0900. The standard InChI is InChI=1S/C11H21ClO5/c1-13-7-9-11(15-3)8(14-2)6-10(17-9)16-5-4-12/h8-11H,4-7H2,1-3H3/t8-,9-,10-,11-/m1/s1. The van der Waals surface area contributed by atoms with E-state index in [0.717, 1.165) is 0 Å². The van der Waals surface area contributed by atoms with Crippen LogP contribution in [0.5, 0.6) is 0 Å². The fraction of sp³-hybridized carbons (Fsp3) is 1.00. The monoisotopic (exact) mass is 268 g/mol. The number of ether oxygens (including phenoxy) is 5. The van der Waals surface area contributed by atoms with Gasteiger partial charge in [-0.15, -0.1) is 11.6 Å². The average molecular weight is 269 g/mol. The van der Waals surface area contributed by atoms with Gasteiger partial charge in [0.25, 0.3) is 0 Å². The molecule has 1 rings (SSSR count). The molecule has 1 fully saturated rings. The van der Waals surface area contributed by atoms with E-state index in [1.165, 1.54) is 0 Å². The van der Waals surface area contributed by atoms with E-state index in [9.17, 15) is 0 Å². The highest BCUT2D eigenvalue weighted by molar-refractivity contribution is 6.17. The Morgan fingerprint density at radius 1 is 1.24 bits per heavy atom. The summed E-state index contributed by atoms with van der Waals surface area (Å²) in [5, 5.41) is 0. The molecule has 0 spiro atoms. The molecule has 0 amide bonds. The van der Waals surface area contributed by atoms with Gasteiger partial charge in [-0.1, -0.05) is 0 Å². The van der Waals surface area contributed by atoms with Gasteiger partial charge in [0.15, 0.2) is 6.29 Å². The van der Waals surface area contributed by atoms with Gasteiger partial charge in [0.2, 0.25) is 0 Å². The van der Waals surface area contributed by atoms with Gasteiger partial charge in [0, 0.05) is 33.6 Å². The largest absolute Gasteiger partial charge is 0.382 e. The molecule has 5 nitrogen and oxygen atoms in total. The molecule has 0 unspecified atom stereocenters. The molecule has 0 bridgehead atoms. The molecule has 0 aromatic carbocycles. The summed E-state index contributed by atoms with van der Waals surface area (Å²) in [4.78, 5) is 0. The van der Waals surface area contributed by atoms with Gasteiger partial charge in [-0.2, -0.15) is 0 Å². The number of hydrogen-bond acceptors (Lipinski definition) is 5. The number of alkyl halides is 1. The quantitative estimate of drug-likeness (QED) is 0.646. The number of methoxy groups -OCH3 is 3. The summed E-state index contributed by atoms with van der Waals surface area (Å²) in [6, 6.07) is 0. The third-order valence-electron chi connectivity index (χ3n) is 2.77. The van der Waals surface area contributed by atoms with Crippen molar-refractivity contribution >= 4 is 11.6 Å². The molecule has 0 aromatic heterocycles. The summed E-state index contributed by atoms with van der Waals surface area (Å²) in [6.07, 6.45) is -0.0779. The van der Waals surface area contributed by atoms with Gasteiger partial charge in [-0.3, -0.25) is 0 Å². The van der Waals surface area contributed by atoms with Crippen LogP contribution in [0.3, 0.4) is 0 Å². The van der Waals surface area contributed by atoms with Crippen LogP contribution in [0, 0.1) is 0 Å². The fourth-order valence-corrected chi connectivity index (χ4v) is 2.10. The smallest absolute Gasteiger partial charge is 0.160 e. The van der Waals surface area contributed by atoms with E-state index in [-0.39, 0.29) is 24.6 Å². The molecule has 17 heavy (non-hydrogen) atoms. The molecule has 1 aliphatic rings. The normalized spacial score (nSPS) is 33.9. The van der Waals surface area contributed by atoms with Crippen molar-refractivity contribution in [1.29, 1.82) is 0 Å². The Morgan fingerprint density at radius 2 is 2.00 bits per heavy atom. The van der Waals surface area contributed by atoms with Gasteiger partial charge in [0.05, 0.1) is 19.3 Å². The maximum Gasteiger partial charge on any atom is 0.160 e. The van der Waals surface area contributed by atoms with E-state index in [1.54, 1.807) is 21.3 Å². The predicted octanol–water partition coefficient (Wildman–Crippen LogP) is 1.03. The lowest BCUT2D eigenvalue weighted by molar-refractivity contribution is -0.264. The maximum atomic E-state index is 5.75. The van der Waals surface area contributed by atoms with Crippen LogP contribution >= 0.6 is 11.6 Å². The van der Waals surface area contributed by atoms with Gasteiger partial charge in [-0.05, 0) is 0 Å². The molecule has 102 valence electrons. The average Bonchev–Trinajstić information content (AvgIpc) is 2.36. The minimum Gasteiger partial charge on any atom is -0.382 e. The van der Waals surface area contributed by atoms with Gasteiger partial charge in [0.1, 0.15) is 12.2 Å². The van der Waals surface area contributed by atoms with Crippen LogP contribution in [-0.4, -0.2) is 65.0 Å². The Morgan fingerprint density at radius 3 is 2.53 bits per heavy atom. The van der Waals surface area contributed by atoms with Crippen LogP contribution in [-0.2, 0) is 23.7 Å². The molecule has 0 aliphatic carbocycles. The highest BCUT2D eigenvalue weighted by Crippen LogP contribution is 2.25. The Kier molecular flexibility index (Phi) is 7.34. The summed E-state index contributed by atoms with van der Waals surface area (Å²) in [7, 11) is 4.92. The molecule has 0 saturated carbocycles. The van der Waals surface area contributed by atoms with E-state index >= 15 is 0 Å². The van der Waals surface area contributed by atoms with Crippen molar-refractivity contribution in [2.75, 3.05) is 40.4 Å². The highest BCUT2D eigenvalue weighted by atomic mass is 35.5. The minimum atomic E-state index is -0.315. The first-order valence-corrected chi connectivity index (χ1v) is 6.17. The molecule has 1 aliphatic heterocycles. The van der Waals surface area contributed by atoms with E-state index in [1.807, 2.05) is 0 Å². The van der Waals surface area contributed by atoms with E-state index in [2.05, 4.69) is 0 Å². The molecular formula is C11H21ClO5. The zero-order valence-electron chi connectivity index (χ0n) is 10.6. The van der Waals surface area contributed by atoms with Crippen LogP contribution in [0.2, 0.25) is 0 Å². The second-order valence-corrected chi connectivity index (χ2v) is 4.21. The van der Waals surface area contributed by atoms with Gasteiger partial charge in [-0.25, -0.2) is 0 Å². The third-order valence-corrected chi connectivity index (χ3v) is 2.93. The Labute approximate surface area is 107 Å². The molecule has 6 heteroatoms. The first-order chi connectivity index (χ1) is 8.26. The van der Waals surface area contributed by atoms with Crippen molar-refractivity contribution in [3.63, 3.8) is 0 Å². The van der Waals surface area contributed by atoms with E-state index in [4.69, 9.17) is 35.3 Å². The lowest BCUT2D eigenvalue weighted by Crippen LogP contribution is -2.52. The van der Waals surface area contributed by atoms with Gasteiger partial charge < -0.3 is 23.7 Å². The zero-order valence-corrected chi connectivity index (χ0v) is 11.3. The summed E-state index contributed by atoms with van der Waals surface area (Å²) >= 11 is 5.58. The van der Waals surface area contributed by atoms with Crippen molar-refractivity contribution in [3.8, 4) is 0 Å². The van der Waals surface area contributed by atoms with Crippen LogP contribution in [0.25, 0.3) is 0 Å². The molecule has 0 aromatic rings. The molecular weight excluding hydrogens is 248 g/mol. The van der Waals surface area contributed by atoms with Crippen molar-refractivity contribution in [2.24, 2.45) is 0 Å². The van der Waals surface area contributed by atoms with E-state index < -0.39 is 0 Å². The Balaban J connectivity index is 2.58. The second-order valence-electron chi connectivity index (χ2n) is 3.83.